The molecular formula is C13H21N5O2S. The minimum atomic E-state index is -3.18. The Balaban J connectivity index is 2.12. The summed E-state index contributed by atoms with van der Waals surface area (Å²) in [6, 6.07) is 1.92. The molecule has 0 saturated heterocycles. The summed E-state index contributed by atoms with van der Waals surface area (Å²) in [6.07, 6.45) is 1.82. The molecule has 2 aromatic heterocycles. The summed E-state index contributed by atoms with van der Waals surface area (Å²) in [6.45, 7) is 6.27. The van der Waals surface area contributed by atoms with Gasteiger partial charge in [-0.3, -0.25) is 0 Å². The number of aromatic nitrogens is 3. The molecule has 0 amide bonds. The molecule has 1 unspecified atom stereocenters. The normalized spacial score (nSPS) is 13.7. The predicted octanol–water partition coefficient (Wildman–Crippen LogP) is 0.546. The van der Waals surface area contributed by atoms with Crippen molar-refractivity contribution >= 4 is 15.7 Å². The summed E-state index contributed by atoms with van der Waals surface area (Å²) in [5.41, 5.74) is 3.75. The Bertz CT molecular complexity index is 738. The number of sulfonamides is 1. The van der Waals surface area contributed by atoms with E-state index in [1.807, 2.05) is 37.5 Å². The molecule has 0 aliphatic heterocycles. The molecule has 2 N–H and O–H groups in total. The van der Waals surface area contributed by atoms with Crippen molar-refractivity contribution in [1.82, 2.24) is 24.6 Å². The molecule has 0 aliphatic rings. The first-order chi connectivity index (χ1) is 9.84. The minimum absolute atomic E-state index is 0.00142. The molecule has 0 aromatic carbocycles. The highest BCUT2D eigenvalue weighted by Gasteiger charge is 2.14. The molecule has 1 atom stereocenters. The third-order valence-corrected chi connectivity index (χ3v) is 4.85. The lowest BCUT2D eigenvalue weighted by Gasteiger charge is -2.16. The first-order valence-corrected chi connectivity index (χ1v) is 8.46. The van der Waals surface area contributed by atoms with Crippen LogP contribution < -0.4 is 10.0 Å². The molecule has 2 aromatic rings. The standard InChI is InChI=1S/C13H21N5O2S/c1-9-7-13-16-8-12(11(3)18(13)17-9)10(2)15-5-6-21(19,20)14-4/h7-8,10,14-15H,5-6H2,1-4H3. The molecule has 0 aliphatic carbocycles. The van der Waals surface area contributed by atoms with Crippen molar-refractivity contribution in [3.63, 3.8) is 0 Å². The van der Waals surface area contributed by atoms with E-state index in [4.69, 9.17) is 0 Å². The van der Waals surface area contributed by atoms with Crippen molar-refractivity contribution in [2.24, 2.45) is 0 Å². The topological polar surface area (TPSA) is 88.4 Å². The molecule has 0 spiro atoms. The maximum Gasteiger partial charge on any atom is 0.212 e. The maximum atomic E-state index is 11.4. The second-order valence-corrected chi connectivity index (χ2v) is 7.10. The lowest BCUT2D eigenvalue weighted by Crippen LogP contribution is -2.31. The fourth-order valence-corrected chi connectivity index (χ4v) is 2.81. The van der Waals surface area contributed by atoms with E-state index in [1.54, 1.807) is 0 Å². The Kier molecular flexibility index (Phi) is 4.60. The van der Waals surface area contributed by atoms with Gasteiger partial charge in [-0.05, 0) is 27.8 Å². The van der Waals surface area contributed by atoms with Crippen LogP contribution in [0, 0.1) is 13.8 Å². The first-order valence-electron chi connectivity index (χ1n) is 6.80. The fraction of sp³-hybridized carbons (Fsp3) is 0.538. The van der Waals surface area contributed by atoms with Crippen molar-refractivity contribution in [2.75, 3.05) is 19.3 Å². The lowest BCUT2D eigenvalue weighted by molar-refractivity contribution is 0.563. The molecule has 116 valence electrons. The zero-order valence-corrected chi connectivity index (χ0v) is 13.5. The van der Waals surface area contributed by atoms with Crippen LogP contribution in [0.15, 0.2) is 12.3 Å². The van der Waals surface area contributed by atoms with Crippen molar-refractivity contribution in [2.45, 2.75) is 26.8 Å². The molecule has 0 bridgehead atoms. The molecule has 0 radical (unpaired) electrons. The highest BCUT2D eigenvalue weighted by atomic mass is 32.2. The van der Waals surface area contributed by atoms with Gasteiger partial charge in [-0.2, -0.15) is 5.10 Å². The van der Waals surface area contributed by atoms with Crippen LogP contribution in [0.25, 0.3) is 5.65 Å². The number of hydrogen-bond acceptors (Lipinski definition) is 5. The van der Waals surface area contributed by atoms with E-state index in [-0.39, 0.29) is 11.8 Å². The Morgan fingerprint density at radius 1 is 1.38 bits per heavy atom. The fourth-order valence-electron chi connectivity index (χ4n) is 2.22. The number of aryl methyl sites for hydroxylation is 2. The largest absolute Gasteiger partial charge is 0.309 e. The number of nitrogens with zero attached hydrogens (tertiary/aromatic N) is 3. The smallest absolute Gasteiger partial charge is 0.212 e. The van der Waals surface area contributed by atoms with Gasteiger partial charge in [-0.25, -0.2) is 22.6 Å². The Morgan fingerprint density at radius 2 is 2.10 bits per heavy atom. The Morgan fingerprint density at radius 3 is 2.76 bits per heavy atom. The second-order valence-electron chi connectivity index (χ2n) is 5.05. The second kappa shape index (κ2) is 6.08. The van der Waals surface area contributed by atoms with Gasteiger partial charge in [0.1, 0.15) is 0 Å². The van der Waals surface area contributed by atoms with Crippen LogP contribution in [-0.2, 0) is 10.0 Å². The highest BCUT2D eigenvalue weighted by Crippen LogP contribution is 2.17. The van der Waals surface area contributed by atoms with Gasteiger partial charge >= 0.3 is 0 Å². The van der Waals surface area contributed by atoms with E-state index in [9.17, 15) is 8.42 Å². The van der Waals surface area contributed by atoms with Crippen LogP contribution in [-0.4, -0.2) is 42.4 Å². The van der Waals surface area contributed by atoms with E-state index >= 15 is 0 Å². The summed E-state index contributed by atoms with van der Waals surface area (Å²) in [7, 11) is -1.77. The number of rotatable bonds is 6. The highest BCUT2D eigenvalue weighted by molar-refractivity contribution is 7.89. The van der Waals surface area contributed by atoms with Gasteiger partial charge in [0, 0.05) is 36.1 Å². The monoisotopic (exact) mass is 311 g/mol. The van der Waals surface area contributed by atoms with E-state index in [0.29, 0.717) is 6.54 Å². The third kappa shape index (κ3) is 3.58. The molecule has 2 heterocycles. The van der Waals surface area contributed by atoms with Gasteiger partial charge in [0.25, 0.3) is 0 Å². The van der Waals surface area contributed by atoms with Crippen molar-refractivity contribution < 1.29 is 8.42 Å². The third-order valence-electron chi connectivity index (χ3n) is 3.48. The average molecular weight is 311 g/mol. The Hall–Kier alpha value is -1.51. The molecule has 8 heteroatoms. The van der Waals surface area contributed by atoms with Gasteiger partial charge in [-0.15, -0.1) is 0 Å². The zero-order chi connectivity index (χ0) is 15.6. The first kappa shape index (κ1) is 15.9. The van der Waals surface area contributed by atoms with Crippen molar-refractivity contribution in [3.8, 4) is 0 Å². The molecule has 21 heavy (non-hydrogen) atoms. The van der Waals surface area contributed by atoms with Crippen LogP contribution in [0.5, 0.6) is 0 Å². The van der Waals surface area contributed by atoms with Crippen LogP contribution >= 0.6 is 0 Å². The minimum Gasteiger partial charge on any atom is -0.309 e. The number of nitrogens with one attached hydrogen (secondary N) is 2. The van der Waals surface area contributed by atoms with E-state index in [0.717, 1.165) is 22.6 Å². The van der Waals surface area contributed by atoms with Crippen molar-refractivity contribution in [1.29, 1.82) is 0 Å². The van der Waals surface area contributed by atoms with Gasteiger partial charge in [-0.1, -0.05) is 0 Å². The van der Waals surface area contributed by atoms with Crippen LogP contribution in [0.2, 0.25) is 0 Å². The zero-order valence-electron chi connectivity index (χ0n) is 12.7. The predicted molar refractivity (Wildman–Crippen MR) is 81.7 cm³/mol. The quantitative estimate of drug-likeness (QED) is 0.813. The summed E-state index contributed by atoms with van der Waals surface area (Å²) >= 11 is 0. The van der Waals surface area contributed by atoms with Crippen LogP contribution in [0.1, 0.15) is 29.9 Å². The van der Waals surface area contributed by atoms with Gasteiger partial charge in [0.15, 0.2) is 5.65 Å². The lowest BCUT2D eigenvalue weighted by atomic mass is 10.1. The molecular weight excluding hydrogens is 290 g/mol. The van der Waals surface area contributed by atoms with Crippen molar-refractivity contribution in [3.05, 3.63) is 29.2 Å². The van der Waals surface area contributed by atoms with Gasteiger partial charge < -0.3 is 5.32 Å². The number of hydrogen-bond donors (Lipinski definition) is 2. The molecule has 7 nitrogen and oxygen atoms in total. The molecule has 0 saturated carbocycles. The maximum absolute atomic E-state index is 11.4. The number of fused-ring (bicyclic) bond motifs is 1. The van der Waals surface area contributed by atoms with Gasteiger partial charge in [0.2, 0.25) is 10.0 Å². The summed E-state index contributed by atoms with van der Waals surface area (Å²) in [5, 5.41) is 7.61. The Labute approximate surface area is 124 Å². The van der Waals surface area contributed by atoms with E-state index in [1.165, 1.54) is 7.05 Å². The SMILES string of the molecule is CNS(=O)(=O)CCNC(C)c1cnc2cc(C)nn2c1C. The molecule has 0 fully saturated rings. The summed E-state index contributed by atoms with van der Waals surface area (Å²) < 4.78 is 26.9. The van der Waals surface area contributed by atoms with E-state index < -0.39 is 10.0 Å². The summed E-state index contributed by atoms with van der Waals surface area (Å²) in [5.74, 6) is 0.0451. The average Bonchev–Trinajstić information content (AvgIpc) is 2.80. The van der Waals surface area contributed by atoms with Crippen LogP contribution in [0.3, 0.4) is 0 Å². The molecule has 2 rings (SSSR count). The van der Waals surface area contributed by atoms with Crippen LogP contribution in [0.4, 0.5) is 0 Å². The van der Waals surface area contributed by atoms with E-state index in [2.05, 4.69) is 20.1 Å². The summed E-state index contributed by atoms with van der Waals surface area (Å²) in [4.78, 5) is 4.39. The van der Waals surface area contributed by atoms with Gasteiger partial charge in [0.05, 0.1) is 11.4 Å².